The molecule has 0 saturated carbocycles. The minimum absolute atomic E-state index is 0.437. The van der Waals surface area contributed by atoms with Gasteiger partial charge in [-0.3, -0.25) is 4.68 Å². The molecule has 1 aliphatic heterocycles. The van der Waals surface area contributed by atoms with Crippen molar-refractivity contribution in [1.82, 2.24) is 15.1 Å². The maximum atomic E-state index is 5.93. The van der Waals surface area contributed by atoms with Crippen molar-refractivity contribution in [3.05, 3.63) is 17.5 Å². The number of hydrogen-bond acceptors (Lipinski definition) is 3. The van der Waals surface area contributed by atoms with E-state index in [0.717, 1.165) is 38.2 Å². The molecule has 2 unspecified atom stereocenters. The van der Waals surface area contributed by atoms with Crippen molar-refractivity contribution in [3.8, 4) is 0 Å². The number of nitrogens with zero attached hydrogens (tertiary/aromatic N) is 2. The Bertz CT molecular complexity index is 410. The molecule has 120 valence electrons. The molecule has 0 spiro atoms. The van der Waals surface area contributed by atoms with Crippen LogP contribution in [0, 0.1) is 6.92 Å². The fourth-order valence-electron chi connectivity index (χ4n) is 3.19. The van der Waals surface area contributed by atoms with E-state index in [1.54, 1.807) is 0 Å². The normalized spacial score (nSPS) is 20.6. The van der Waals surface area contributed by atoms with Crippen molar-refractivity contribution in [2.75, 3.05) is 13.2 Å². The van der Waals surface area contributed by atoms with Gasteiger partial charge in [0.25, 0.3) is 0 Å². The molecular weight excluding hydrogens is 262 g/mol. The summed E-state index contributed by atoms with van der Waals surface area (Å²) in [6.45, 7) is 9.43. The second-order valence-corrected chi connectivity index (χ2v) is 6.17. The standard InChI is InChI=1S/C17H31N3O/c1-4-9-18-15(13-17-8-6-7-10-21-17)12-16-11-14(3)19-20(16)5-2/h11,15,17-18H,4-10,12-13H2,1-3H3. The second-order valence-electron chi connectivity index (χ2n) is 6.17. The topological polar surface area (TPSA) is 39.1 Å². The Morgan fingerprint density at radius 1 is 1.43 bits per heavy atom. The highest BCUT2D eigenvalue weighted by Crippen LogP contribution is 2.19. The van der Waals surface area contributed by atoms with Crippen LogP contribution in [0.15, 0.2) is 6.07 Å². The van der Waals surface area contributed by atoms with Crippen molar-refractivity contribution in [3.63, 3.8) is 0 Å². The highest BCUT2D eigenvalue weighted by atomic mass is 16.5. The number of ether oxygens (including phenoxy) is 1. The second kappa shape index (κ2) is 8.54. The van der Waals surface area contributed by atoms with Crippen LogP contribution in [0.3, 0.4) is 0 Å². The van der Waals surface area contributed by atoms with Crippen molar-refractivity contribution in [2.24, 2.45) is 0 Å². The Morgan fingerprint density at radius 2 is 2.29 bits per heavy atom. The van der Waals surface area contributed by atoms with Gasteiger partial charge in [0.05, 0.1) is 11.8 Å². The fourth-order valence-corrected chi connectivity index (χ4v) is 3.19. The van der Waals surface area contributed by atoms with Crippen LogP contribution in [0.2, 0.25) is 0 Å². The van der Waals surface area contributed by atoms with Gasteiger partial charge in [0, 0.05) is 31.3 Å². The van der Waals surface area contributed by atoms with Crippen molar-refractivity contribution >= 4 is 0 Å². The van der Waals surface area contributed by atoms with E-state index in [4.69, 9.17) is 4.74 Å². The molecule has 0 aromatic carbocycles. The molecule has 1 aromatic heterocycles. The van der Waals surface area contributed by atoms with E-state index >= 15 is 0 Å². The number of nitrogens with one attached hydrogen (secondary N) is 1. The van der Waals surface area contributed by atoms with Crippen LogP contribution in [0.4, 0.5) is 0 Å². The first-order valence-corrected chi connectivity index (χ1v) is 8.61. The molecule has 4 heteroatoms. The summed E-state index contributed by atoms with van der Waals surface area (Å²) in [6, 6.07) is 2.72. The number of rotatable bonds is 8. The van der Waals surface area contributed by atoms with E-state index in [-0.39, 0.29) is 0 Å². The molecule has 4 nitrogen and oxygen atoms in total. The highest BCUT2D eigenvalue weighted by molar-refractivity contribution is 5.10. The van der Waals surface area contributed by atoms with Crippen LogP contribution in [-0.2, 0) is 17.7 Å². The first-order chi connectivity index (χ1) is 10.2. The van der Waals surface area contributed by atoms with Crippen LogP contribution >= 0.6 is 0 Å². The quantitative estimate of drug-likeness (QED) is 0.800. The summed E-state index contributed by atoms with van der Waals surface area (Å²) >= 11 is 0. The molecule has 2 heterocycles. The van der Waals surface area contributed by atoms with Gasteiger partial charge in [-0.15, -0.1) is 0 Å². The number of aryl methyl sites for hydroxylation is 2. The molecule has 1 N–H and O–H groups in total. The molecule has 0 radical (unpaired) electrons. The Hall–Kier alpha value is -0.870. The van der Waals surface area contributed by atoms with Gasteiger partial charge < -0.3 is 10.1 Å². The number of aromatic nitrogens is 2. The van der Waals surface area contributed by atoms with E-state index < -0.39 is 0 Å². The highest BCUT2D eigenvalue weighted by Gasteiger charge is 2.20. The van der Waals surface area contributed by atoms with Gasteiger partial charge in [0.1, 0.15) is 0 Å². The molecule has 0 aliphatic carbocycles. The predicted molar refractivity (Wildman–Crippen MR) is 86.6 cm³/mol. The van der Waals surface area contributed by atoms with Gasteiger partial charge >= 0.3 is 0 Å². The average molecular weight is 293 g/mol. The summed E-state index contributed by atoms with van der Waals surface area (Å²) in [5.41, 5.74) is 2.47. The van der Waals surface area contributed by atoms with Gasteiger partial charge in [-0.2, -0.15) is 5.10 Å². The van der Waals surface area contributed by atoms with Gasteiger partial charge in [-0.25, -0.2) is 0 Å². The largest absolute Gasteiger partial charge is 0.378 e. The maximum Gasteiger partial charge on any atom is 0.0596 e. The van der Waals surface area contributed by atoms with Gasteiger partial charge in [-0.05, 0) is 58.6 Å². The Balaban J connectivity index is 1.97. The zero-order valence-electron chi connectivity index (χ0n) is 13.9. The molecule has 2 atom stereocenters. The summed E-state index contributed by atoms with van der Waals surface area (Å²) in [6.07, 6.45) is 7.54. The first kappa shape index (κ1) is 16.5. The lowest BCUT2D eigenvalue weighted by atomic mass is 9.98. The summed E-state index contributed by atoms with van der Waals surface area (Å²) in [7, 11) is 0. The van der Waals surface area contributed by atoms with E-state index in [9.17, 15) is 0 Å². The van der Waals surface area contributed by atoms with Crippen LogP contribution in [0.25, 0.3) is 0 Å². The average Bonchev–Trinajstić information content (AvgIpc) is 2.85. The zero-order valence-corrected chi connectivity index (χ0v) is 13.9. The van der Waals surface area contributed by atoms with Gasteiger partial charge in [-0.1, -0.05) is 6.92 Å². The lowest BCUT2D eigenvalue weighted by Crippen LogP contribution is -2.37. The third-order valence-corrected chi connectivity index (χ3v) is 4.24. The fraction of sp³-hybridized carbons (Fsp3) is 0.824. The monoisotopic (exact) mass is 293 g/mol. The number of hydrogen-bond donors (Lipinski definition) is 1. The molecular formula is C17H31N3O. The van der Waals surface area contributed by atoms with Crippen LogP contribution in [0.1, 0.15) is 57.3 Å². The van der Waals surface area contributed by atoms with Gasteiger partial charge in [0.15, 0.2) is 0 Å². The zero-order chi connectivity index (χ0) is 15.1. The van der Waals surface area contributed by atoms with E-state index in [1.807, 2.05) is 0 Å². The Kier molecular flexibility index (Phi) is 6.71. The van der Waals surface area contributed by atoms with Gasteiger partial charge in [0.2, 0.25) is 0 Å². The Morgan fingerprint density at radius 3 is 2.95 bits per heavy atom. The summed E-state index contributed by atoms with van der Waals surface area (Å²) < 4.78 is 8.06. The first-order valence-electron chi connectivity index (χ1n) is 8.61. The lowest BCUT2D eigenvalue weighted by Gasteiger charge is -2.27. The molecule has 1 fully saturated rings. The van der Waals surface area contributed by atoms with E-state index in [0.29, 0.717) is 12.1 Å². The van der Waals surface area contributed by atoms with Crippen LogP contribution < -0.4 is 5.32 Å². The van der Waals surface area contributed by atoms with Crippen molar-refractivity contribution in [2.45, 2.75) is 78.0 Å². The summed E-state index contributed by atoms with van der Waals surface area (Å²) in [5.74, 6) is 0. The minimum Gasteiger partial charge on any atom is -0.378 e. The van der Waals surface area contributed by atoms with Crippen LogP contribution in [-0.4, -0.2) is 35.1 Å². The lowest BCUT2D eigenvalue weighted by molar-refractivity contribution is 0.00515. The third-order valence-electron chi connectivity index (χ3n) is 4.24. The molecule has 21 heavy (non-hydrogen) atoms. The predicted octanol–water partition coefficient (Wildman–Crippen LogP) is 3.08. The molecule has 2 rings (SSSR count). The molecule has 0 amide bonds. The summed E-state index contributed by atoms with van der Waals surface area (Å²) in [5, 5.41) is 8.27. The molecule has 0 bridgehead atoms. The maximum absolute atomic E-state index is 5.93. The third kappa shape index (κ3) is 5.11. The van der Waals surface area contributed by atoms with Crippen molar-refractivity contribution < 1.29 is 4.74 Å². The molecule has 1 aliphatic rings. The van der Waals surface area contributed by atoms with Crippen molar-refractivity contribution in [1.29, 1.82) is 0 Å². The van der Waals surface area contributed by atoms with E-state index in [1.165, 1.54) is 31.4 Å². The van der Waals surface area contributed by atoms with E-state index in [2.05, 4.69) is 41.9 Å². The van der Waals surface area contributed by atoms with Crippen LogP contribution in [0.5, 0.6) is 0 Å². The smallest absolute Gasteiger partial charge is 0.0596 e. The molecule has 1 saturated heterocycles. The minimum atomic E-state index is 0.437. The molecule has 1 aromatic rings. The Labute approximate surface area is 129 Å². The summed E-state index contributed by atoms with van der Waals surface area (Å²) in [4.78, 5) is 0. The SMILES string of the molecule is CCCNC(Cc1cc(C)nn1CC)CC1CCCCO1.